The highest BCUT2D eigenvalue weighted by Crippen LogP contribution is 2.36. The van der Waals surface area contributed by atoms with E-state index in [1.807, 2.05) is 25.1 Å². The number of H-pyrrole nitrogens is 1. The first kappa shape index (κ1) is 15.4. The van der Waals surface area contributed by atoms with E-state index in [1.54, 1.807) is 13.0 Å². The Labute approximate surface area is 142 Å². The van der Waals surface area contributed by atoms with Crippen molar-refractivity contribution in [1.29, 1.82) is 0 Å². The van der Waals surface area contributed by atoms with Crippen molar-refractivity contribution < 1.29 is 13.9 Å². The minimum Gasteiger partial charge on any atom is -0.428 e. The van der Waals surface area contributed by atoms with Gasteiger partial charge in [0.15, 0.2) is 0 Å². The van der Waals surface area contributed by atoms with Crippen LogP contribution in [0.15, 0.2) is 44.3 Å². The van der Waals surface area contributed by atoms with Crippen LogP contribution in [-0.2, 0) is 4.79 Å². The third-order valence-electron chi connectivity index (χ3n) is 4.42. The highest BCUT2D eigenvalue weighted by Gasteiger charge is 2.34. The van der Waals surface area contributed by atoms with Crippen LogP contribution < -0.4 is 15.9 Å². The Balaban J connectivity index is 1.98. The number of carbonyl (C=O) groups excluding carboxylic acids is 1. The van der Waals surface area contributed by atoms with Gasteiger partial charge in [-0.3, -0.25) is 9.59 Å². The highest BCUT2D eigenvalue weighted by atomic mass is 16.5. The predicted molar refractivity (Wildman–Crippen MR) is 91.1 cm³/mol. The van der Waals surface area contributed by atoms with Crippen molar-refractivity contribution in [1.82, 2.24) is 4.98 Å². The SMILES string of the molecule is Cc1ccc2[nH]c(=O)c(C3CC(=O)Oc4cc(C)oc(=O)c43)cc2c1. The average Bonchev–Trinajstić information content (AvgIpc) is 2.53. The van der Waals surface area contributed by atoms with Crippen molar-refractivity contribution in [2.75, 3.05) is 0 Å². The van der Waals surface area contributed by atoms with Gasteiger partial charge in [-0.1, -0.05) is 11.6 Å². The van der Waals surface area contributed by atoms with E-state index in [2.05, 4.69) is 4.98 Å². The molecule has 2 aromatic heterocycles. The molecular weight excluding hydrogens is 322 g/mol. The number of carbonyl (C=O) groups is 1. The lowest BCUT2D eigenvalue weighted by Crippen LogP contribution is -2.30. The van der Waals surface area contributed by atoms with Crippen LogP contribution in [0, 0.1) is 13.8 Å². The van der Waals surface area contributed by atoms with Gasteiger partial charge in [0, 0.05) is 23.1 Å². The van der Waals surface area contributed by atoms with Crippen LogP contribution in [0.3, 0.4) is 0 Å². The molecule has 0 radical (unpaired) electrons. The maximum absolute atomic E-state index is 12.6. The Bertz CT molecular complexity index is 1140. The summed E-state index contributed by atoms with van der Waals surface area (Å²) in [7, 11) is 0. The molecule has 1 unspecified atom stereocenters. The summed E-state index contributed by atoms with van der Waals surface area (Å²) >= 11 is 0. The molecule has 0 saturated carbocycles. The molecule has 6 nitrogen and oxygen atoms in total. The van der Waals surface area contributed by atoms with Crippen molar-refractivity contribution in [3.05, 3.63) is 73.6 Å². The molecule has 4 rings (SSSR count). The Morgan fingerprint density at radius 2 is 1.88 bits per heavy atom. The first-order valence-electron chi connectivity index (χ1n) is 7.91. The number of aryl methyl sites for hydroxylation is 2. The zero-order valence-corrected chi connectivity index (χ0v) is 13.7. The summed E-state index contributed by atoms with van der Waals surface area (Å²) in [6, 6.07) is 8.90. The van der Waals surface area contributed by atoms with Gasteiger partial charge in [-0.2, -0.15) is 0 Å². The van der Waals surface area contributed by atoms with Gasteiger partial charge in [0.05, 0.1) is 12.0 Å². The van der Waals surface area contributed by atoms with Crippen molar-refractivity contribution in [2.45, 2.75) is 26.2 Å². The lowest BCUT2D eigenvalue weighted by atomic mass is 9.87. The molecular formula is C19H15NO5. The number of benzene rings is 1. The maximum Gasteiger partial charge on any atom is 0.343 e. The van der Waals surface area contributed by atoms with Crippen molar-refractivity contribution in [3.63, 3.8) is 0 Å². The third kappa shape index (κ3) is 2.55. The fraction of sp³-hybridized carbons (Fsp3) is 0.211. The minimum atomic E-state index is -0.693. The van der Waals surface area contributed by atoms with E-state index >= 15 is 0 Å². The molecule has 1 aliphatic heterocycles. The first-order valence-corrected chi connectivity index (χ1v) is 7.91. The Kier molecular flexibility index (Phi) is 3.35. The number of pyridine rings is 1. The molecule has 0 saturated heterocycles. The van der Waals surface area contributed by atoms with E-state index < -0.39 is 17.5 Å². The number of rotatable bonds is 1. The van der Waals surface area contributed by atoms with Crippen LogP contribution in [0.4, 0.5) is 0 Å². The van der Waals surface area contributed by atoms with Crippen LogP contribution >= 0.6 is 0 Å². The van der Waals surface area contributed by atoms with E-state index in [9.17, 15) is 14.4 Å². The number of aromatic amines is 1. The van der Waals surface area contributed by atoms with Gasteiger partial charge in [-0.25, -0.2) is 4.79 Å². The van der Waals surface area contributed by atoms with Crippen LogP contribution in [0.5, 0.6) is 5.75 Å². The molecule has 0 spiro atoms. The topological polar surface area (TPSA) is 89.4 Å². The van der Waals surface area contributed by atoms with E-state index in [0.717, 1.165) is 10.9 Å². The van der Waals surface area contributed by atoms with Gasteiger partial charge in [0.2, 0.25) is 0 Å². The number of hydrogen-bond donors (Lipinski definition) is 1. The zero-order chi connectivity index (χ0) is 17.7. The van der Waals surface area contributed by atoms with E-state index in [-0.39, 0.29) is 23.3 Å². The van der Waals surface area contributed by atoms with Gasteiger partial charge in [-0.05, 0) is 37.4 Å². The van der Waals surface area contributed by atoms with Crippen LogP contribution in [0.2, 0.25) is 0 Å². The molecule has 1 atom stereocenters. The molecule has 0 aliphatic carbocycles. The highest BCUT2D eigenvalue weighted by molar-refractivity contribution is 5.81. The molecule has 1 N–H and O–H groups in total. The van der Waals surface area contributed by atoms with Crippen molar-refractivity contribution >= 4 is 16.9 Å². The van der Waals surface area contributed by atoms with Crippen molar-refractivity contribution in [3.8, 4) is 5.75 Å². The summed E-state index contributed by atoms with van der Waals surface area (Å²) in [6.45, 7) is 3.56. The minimum absolute atomic E-state index is 0.0821. The second kappa shape index (κ2) is 5.44. The molecule has 3 heterocycles. The summed E-state index contributed by atoms with van der Waals surface area (Å²) in [5.41, 5.74) is 1.39. The van der Waals surface area contributed by atoms with Gasteiger partial charge in [-0.15, -0.1) is 0 Å². The van der Waals surface area contributed by atoms with Gasteiger partial charge in [0.1, 0.15) is 11.5 Å². The fourth-order valence-electron chi connectivity index (χ4n) is 3.29. The van der Waals surface area contributed by atoms with Crippen LogP contribution in [0.1, 0.15) is 34.8 Å². The summed E-state index contributed by atoms with van der Waals surface area (Å²) in [5.74, 6) is -0.660. The molecule has 25 heavy (non-hydrogen) atoms. The number of hydrogen-bond acceptors (Lipinski definition) is 5. The van der Waals surface area contributed by atoms with E-state index in [0.29, 0.717) is 16.8 Å². The molecule has 6 heteroatoms. The Morgan fingerprint density at radius 3 is 2.68 bits per heavy atom. The van der Waals surface area contributed by atoms with E-state index in [4.69, 9.17) is 9.15 Å². The summed E-state index contributed by atoms with van der Waals surface area (Å²) in [4.78, 5) is 39.7. The number of fused-ring (bicyclic) bond motifs is 2. The Morgan fingerprint density at radius 1 is 1.08 bits per heavy atom. The second-order valence-electron chi connectivity index (χ2n) is 6.30. The number of aromatic nitrogens is 1. The van der Waals surface area contributed by atoms with Crippen molar-refractivity contribution in [2.24, 2.45) is 0 Å². The summed E-state index contributed by atoms with van der Waals surface area (Å²) in [6.07, 6.45) is -0.0821. The predicted octanol–water partition coefficient (Wildman–Crippen LogP) is 2.54. The largest absolute Gasteiger partial charge is 0.428 e. The molecule has 0 amide bonds. The normalized spacial score (nSPS) is 16.6. The molecule has 0 fully saturated rings. The first-order chi connectivity index (χ1) is 11.9. The average molecular weight is 337 g/mol. The summed E-state index contributed by atoms with van der Waals surface area (Å²) < 4.78 is 10.3. The molecule has 3 aromatic rings. The quantitative estimate of drug-likeness (QED) is 0.689. The lowest BCUT2D eigenvalue weighted by molar-refractivity contribution is -0.135. The zero-order valence-electron chi connectivity index (χ0n) is 13.7. The van der Waals surface area contributed by atoms with Gasteiger partial charge >= 0.3 is 11.6 Å². The maximum atomic E-state index is 12.6. The third-order valence-corrected chi connectivity index (χ3v) is 4.42. The van der Waals surface area contributed by atoms with Gasteiger partial charge < -0.3 is 14.1 Å². The molecule has 1 aliphatic rings. The molecule has 0 bridgehead atoms. The smallest absolute Gasteiger partial charge is 0.343 e. The van der Waals surface area contributed by atoms with Gasteiger partial charge in [0.25, 0.3) is 5.56 Å². The standard InChI is InChI=1S/C19H15NO5/c1-9-3-4-14-11(5-9)7-13(18(22)20-14)12-8-16(21)25-15-6-10(2)24-19(23)17(12)15/h3-7,12H,8H2,1-2H3,(H,20,22). The van der Waals surface area contributed by atoms with E-state index in [1.165, 1.54) is 6.07 Å². The monoisotopic (exact) mass is 337 g/mol. The lowest BCUT2D eigenvalue weighted by Gasteiger charge is -2.23. The second-order valence-corrected chi connectivity index (χ2v) is 6.30. The Hall–Kier alpha value is -3.15. The number of esters is 1. The summed E-state index contributed by atoms with van der Waals surface area (Å²) in [5, 5.41) is 0.839. The number of nitrogens with one attached hydrogen (secondary N) is 1. The molecule has 1 aromatic carbocycles. The molecule has 126 valence electrons. The van der Waals surface area contributed by atoms with Crippen LogP contribution in [0.25, 0.3) is 10.9 Å². The number of ether oxygens (including phenoxy) is 1. The fourth-order valence-corrected chi connectivity index (χ4v) is 3.29. The van der Waals surface area contributed by atoms with Crippen LogP contribution in [-0.4, -0.2) is 11.0 Å².